The number of nitrogens with one attached hydrogen (secondary N) is 1. The van der Waals surface area contributed by atoms with Crippen LogP contribution in [0.25, 0.3) is 33.7 Å². The lowest BCUT2D eigenvalue weighted by molar-refractivity contribution is 0.0986. The van der Waals surface area contributed by atoms with Crippen molar-refractivity contribution >= 4 is 16.9 Å². The predicted octanol–water partition coefficient (Wildman–Crippen LogP) is 2.25. The molecule has 1 atom stereocenters. The van der Waals surface area contributed by atoms with E-state index in [9.17, 15) is 0 Å². The maximum atomic E-state index is 5.77. The normalized spacial score (nSPS) is 17.4. The summed E-state index contributed by atoms with van der Waals surface area (Å²) in [6.07, 6.45) is 0. The van der Waals surface area contributed by atoms with Crippen molar-refractivity contribution in [2.24, 2.45) is 7.05 Å². The molecule has 1 fully saturated rings. The number of nitrogens with zero attached hydrogens (tertiary/aromatic N) is 7. The van der Waals surface area contributed by atoms with E-state index in [0.29, 0.717) is 35.7 Å². The average Bonchev–Trinajstić information content (AvgIpc) is 3.40. The van der Waals surface area contributed by atoms with Gasteiger partial charge in [-0.25, -0.2) is 9.67 Å². The first-order chi connectivity index (χ1) is 14.0. The monoisotopic (exact) mass is 394 g/mol. The molecule has 0 aliphatic carbocycles. The lowest BCUT2D eigenvalue weighted by atomic mass is 10.1. The third-order valence-corrected chi connectivity index (χ3v) is 5.27. The van der Waals surface area contributed by atoms with Crippen molar-refractivity contribution in [3.8, 4) is 22.6 Å². The van der Waals surface area contributed by atoms with Crippen LogP contribution in [0.4, 0.5) is 5.82 Å². The van der Waals surface area contributed by atoms with Gasteiger partial charge in [0.1, 0.15) is 17.0 Å². The molecule has 0 saturated carbocycles. The van der Waals surface area contributed by atoms with Crippen LogP contribution in [0, 0.1) is 13.8 Å². The smallest absolute Gasteiger partial charge is 0.195 e. The second-order valence-corrected chi connectivity index (χ2v) is 7.44. The van der Waals surface area contributed by atoms with Gasteiger partial charge in [-0.05, 0) is 32.9 Å². The molecule has 150 valence electrons. The number of aryl methyl sites for hydroxylation is 3. The van der Waals surface area contributed by atoms with Gasteiger partial charge in [0.05, 0.1) is 36.2 Å². The summed E-state index contributed by atoms with van der Waals surface area (Å²) in [6, 6.07) is 4.17. The Kier molecular flexibility index (Phi) is 4.09. The molecule has 5 rings (SSSR count). The van der Waals surface area contributed by atoms with Crippen LogP contribution in [0.3, 0.4) is 0 Å². The fourth-order valence-corrected chi connectivity index (χ4v) is 3.83. The number of hydrogen-bond donors (Lipinski definition) is 1. The molecule has 10 nitrogen and oxygen atoms in total. The van der Waals surface area contributed by atoms with Crippen LogP contribution < -0.4 is 4.90 Å². The quantitative estimate of drug-likeness (QED) is 0.563. The van der Waals surface area contributed by atoms with E-state index >= 15 is 0 Å². The Hall–Kier alpha value is -3.27. The summed E-state index contributed by atoms with van der Waals surface area (Å²) in [5.74, 6) is 0.848. The van der Waals surface area contributed by atoms with Gasteiger partial charge in [0.15, 0.2) is 11.3 Å². The first-order valence-electron chi connectivity index (χ1n) is 9.56. The summed E-state index contributed by atoms with van der Waals surface area (Å²) in [7, 11) is 1.87. The minimum Gasteiger partial charge on any atom is -0.377 e. The second kappa shape index (κ2) is 6.66. The van der Waals surface area contributed by atoms with E-state index in [0.717, 1.165) is 35.0 Å². The number of anilines is 1. The van der Waals surface area contributed by atoms with Crippen molar-refractivity contribution in [2.75, 3.05) is 24.7 Å². The first-order valence-corrected chi connectivity index (χ1v) is 9.56. The van der Waals surface area contributed by atoms with Gasteiger partial charge in [-0.2, -0.15) is 5.10 Å². The maximum Gasteiger partial charge on any atom is 0.195 e. The number of aromatic amines is 1. The van der Waals surface area contributed by atoms with Gasteiger partial charge in [-0.3, -0.25) is 5.10 Å². The summed E-state index contributed by atoms with van der Waals surface area (Å²) in [4.78, 5) is 7.18. The zero-order valence-corrected chi connectivity index (χ0v) is 16.8. The van der Waals surface area contributed by atoms with Gasteiger partial charge in [0.25, 0.3) is 0 Å². The Balaban J connectivity index is 1.77. The zero-order valence-electron chi connectivity index (χ0n) is 16.8. The molecular formula is C19H22N8O2. The maximum absolute atomic E-state index is 5.77. The van der Waals surface area contributed by atoms with Crippen molar-refractivity contribution < 1.29 is 9.26 Å². The van der Waals surface area contributed by atoms with E-state index in [4.69, 9.17) is 14.2 Å². The van der Waals surface area contributed by atoms with Gasteiger partial charge in [0, 0.05) is 19.3 Å². The Morgan fingerprint density at radius 3 is 2.79 bits per heavy atom. The summed E-state index contributed by atoms with van der Waals surface area (Å²) in [6.45, 7) is 8.11. The van der Waals surface area contributed by atoms with Gasteiger partial charge in [-0.15, -0.1) is 5.10 Å². The molecule has 1 aliphatic heterocycles. The molecule has 0 amide bonds. The highest BCUT2D eigenvalue weighted by atomic mass is 16.5. The molecular weight excluding hydrogens is 372 g/mol. The highest BCUT2D eigenvalue weighted by Gasteiger charge is 2.27. The van der Waals surface area contributed by atoms with E-state index in [1.165, 1.54) is 0 Å². The summed E-state index contributed by atoms with van der Waals surface area (Å²) < 4.78 is 13.1. The van der Waals surface area contributed by atoms with E-state index in [1.54, 1.807) is 4.68 Å². The third kappa shape index (κ3) is 2.87. The van der Waals surface area contributed by atoms with Crippen LogP contribution in [0.1, 0.15) is 18.3 Å². The van der Waals surface area contributed by atoms with Crippen LogP contribution in [0.2, 0.25) is 0 Å². The van der Waals surface area contributed by atoms with Crippen molar-refractivity contribution in [3.63, 3.8) is 0 Å². The van der Waals surface area contributed by atoms with Crippen LogP contribution >= 0.6 is 0 Å². The number of ether oxygens (including phenoxy) is 1. The highest BCUT2D eigenvalue weighted by molar-refractivity contribution is 5.98. The second-order valence-electron chi connectivity index (χ2n) is 7.44. The molecule has 0 spiro atoms. The number of hydrogen-bond acceptors (Lipinski definition) is 8. The minimum absolute atomic E-state index is 0.211. The third-order valence-electron chi connectivity index (χ3n) is 5.27. The van der Waals surface area contributed by atoms with Crippen LogP contribution in [0.15, 0.2) is 16.7 Å². The van der Waals surface area contributed by atoms with Crippen LogP contribution in [0.5, 0.6) is 0 Å². The number of pyridine rings is 1. The first kappa shape index (κ1) is 17.8. The molecule has 29 heavy (non-hydrogen) atoms. The molecule has 0 unspecified atom stereocenters. The van der Waals surface area contributed by atoms with E-state index in [-0.39, 0.29) is 6.04 Å². The number of aromatic nitrogens is 7. The number of H-pyrrole nitrogens is 1. The fourth-order valence-electron chi connectivity index (χ4n) is 3.83. The average molecular weight is 394 g/mol. The Morgan fingerprint density at radius 1 is 1.24 bits per heavy atom. The van der Waals surface area contributed by atoms with E-state index < -0.39 is 0 Å². The van der Waals surface area contributed by atoms with Gasteiger partial charge >= 0.3 is 0 Å². The molecule has 1 aliphatic rings. The van der Waals surface area contributed by atoms with Crippen molar-refractivity contribution in [2.45, 2.75) is 26.8 Å². The highest BCUT2D eigenvalue weighted by Crippen LogP contribution is 2.37. The largest absolute Gasteiger partial charge is 0.377 e. The van der Waals surface area contributed by atoms with E-state index in [2.05, 4.69) is 37.5 Å². The standard InChI is InChI=1S/C19H22N8O2/c1-10-7-14(23-21-10)16-17-19(29-24-16)13(18-12(3)22-25-26(18)4)8-15(20-17)27-5-6-28-9-11(27)2/h7-8,11H,5-6,9H2,1-4H3,(H,21,23)/t11-/m1/s1. The molecule has 1 saturated heterocycles. The van der Waals surface area contributed by atoms with Crippen molar-refractivity contribution in [3.05, 3.63) is 23.5 Å². The fraction of sp³-hybridized carbons (Fsp3) is 0.421. The Morgan fingerprint density at radius 2 is 2.10 bits per heavy atom. The predicted molar refractivity (Wildman–Crippen MR) is 106 cm³/mol. The van der Waals surface area contributed by atoms with Gasteiger partial charge in [0.2, 0.25) is 0 Å². The molecule has 1 N–H and O–H groups in total. The lowest BCUT2D eigenvalue weighted by Crippen LogP contribution is -2.44. The summed E-state index contributed by atoms with van der Waals surface area (Å²) in [5, 5.41) is 20.0. The Bertz CT molecular complexity index is 1170. The van der Waals surface area contributed by atoms with Gasteiger partial charge < -0.3 is 14.2 Å². The minimum atomic E-state index is 0.211. The molecule has 0 bridgehead atoms. The topological polar surface area (TPSA) is 111 Å². The van der Waals surface area contributed by atoms with Gasteiger partial charge in [-0.1, -0.05) is 10.4 Å². The number of rotatable bonds is 3. The molecule has 4 aromatic rings. The summed E-state index contributed by atoms with van der Waals surface area (Å²) in [5.41, 5.74) is 6.07. The van der Waals surface area contributed by atoms with E-state index in [1.807, 2.05) is 33.0 Å². The molecule has 0 aromatic carbocycles. The summed E-state index contributed by atoms with van der Waals surface area (Å²) >= 11 is 0. The SMILES string of the molecule is Cc1cc(-c2noc3c(-c4c(C)nnn4C)cc(N4CCOC[C@H]4C)nc23)n[nH]1. The molecule has 0 radical (unpaired) electrons. The van der Waals surface area contributed by atoms with Crippen molar-refractivity contribution in [1.29, 1.82) is 0 Å². The molecule has 4 aromatic heterocycles. The number of morpholine rings is 1. The Labute approximate surface area is 166 Å². The number of fused-ring (bicyclic) bond motifs is 1. The molecule has 10 heteroatoms. The lowest BCUT2D eigenvalue weighted by Gasteiger charge is -2.34. The van der Waals surface area contributed by atoms with Crippen LogP contribution in [-0.2, 0) is 11.8 Å². The van der Waals surface area contributed by atoms with Crippen LogP contribution in [-0.4, -0.2) is 61.1 Å². The molecule has 5 heterocycles. The van der Waals surface area contributed by atoms with Crippen molar-refractivity contribution in [1.82, 2.24) is 35.3 Å². The zero-order chi connectivity index (χ0) is 20.1.